The largest absolute Gasteiger partial charge is 0.447 e. The van der Waals surface area contributed by atoms with Crippen LogP contribution in [0.25, 0.3) is 27.2 Å². The van der Waals surface area contributed by atoms with Crippen LogP contribution < -0.4 is 16.3 Å². The molecule has 6 rings (SSSR count). The molecule has 0 aliphatic carbocycles. The van der Waals surface area contributed by atoms with E-state index in [0.29, 0.717) is 11.4 Å². The van der Waals surface area contributed by atoms with Crippen molar-refractivity contribution in [1.82, 2.24) is 14.2 Å². The number of aromatic nitrogens is 2. The Morgan fingerprint density at radius 1 is 0.795 bits per heavy atom. The molecule has 1 saturated heterocycles. The van der Waals surface area contributed by atoms with Crippen LogP contribution in [0.15, 0.2) is 99.0 Å². The maximum absolute atomic E-state index is 14.2. The van der Waals surface area contributed by atoms with Gasteiger partial charge >= 0.3 is 17.5 Å². The number of benzene rings is 4. The smallest absolute Gasteiger partial charge is 0.314 e. The van der Waals surface area contributed by atoms with Crippen LogP contribution in [-0.2, 0) is 0 Å². The highest BCUT2D eigenvalue weighted by Gasteiger charge is 2.56. The van der Waals surface area contributed by atoms with Gasteiger partial charge in [-0.15, -0.1) is 4.74 Å². The Balaban J connectivity index is 1.61. The van der Waals surface area contributed by atoms with Gasteiger partial charge in [0, 0.05) is 16.8 Å². The molecule has 4 aromatic carbocycles. The maximum Gasteiger partial charge on any atom is 0.447 e. The third-order valence-electron chi connectivity index (χ3n) is 7.94. The van der Waals surface area contributed by atoms with Crippen molar-refractivity contribution in [2.24, 2.45) is 0 Å². The van der Waals surface area contributed by atoms with Crippen molar-refractivity contribution in [3.63, 3.8) is 0 Å². The summed E-state index contributed by atoms with van der Waals surface area (Å²) in [7, 11) is 0. The van der Waals surface area contributed by atoms with E-state index >= 15 is 0 Å². The second-order valence-electron chi connectivity index (χ2n) is 10.6. The Hall–Kier alpha value is -4.59. The van der Waals surface area contributed by atoms with E-state index in [1.54, 1.807) is 21.9 Å². The van der Waals surface area contributed by atoms with Gasteiger partial charge in [0.2, 0.25) is 0 Å². The first-order chi connectivity index (χ1) is 18.8. The monoisotopic (exact) mass is 522 g/mol. The molecule has 39 heavy (non-hydrogen) atoms. The summed E-state index contributed by atoms with van der Waals surface area (Å²) in [5, 5.41) is 3.47. The van der Waals surface area contributed by atoms with Gasteiger partial charge in [0.25, 0.3) is 0 Å². The van der Waals surface area contributed by atoms with Crippen molar-refractivity contribution in [2.45, 2.75) is 51.9 Å². The number of urea groups is 1. The summed E-state index contributed by atoms with van der Waals surface area (Å²) in [5.41, 5.74) is -0.454. The van der Waals surface area contributed by atoms with Gasteiger partial charge in [-0.05, 0) is 50.1 Å². The number of rotatable bonds is 5. The number of hydrogen-bond donors (Lipinski definition) is 0. The first-order valence-corrected chi connectivity index (χ1v) is 13.2. The topological polar surface area (TPSA) is 80.7 Å². The molecule has 0 N–H and O–H groups in total. The Morgan fingerprint density at radius 2 is 1.33 bits per heavy atom. The van der Waals surface area contributed by atoms with E-state index in [9.17, 15) is 14.4 Å². The number of fused-ring (bicyclic) bond motifs is 2. The molecule has 1 fully saturated rings. The van der Waals surface area contributed by atoms with Crippen LogP contribution >= 0.6 is 0 Å². The average Bonchev–Trinajstić information content (AvgIpc) is 3.34. The molecule has 8 heteroatoms. The van der Waals surface area contributed by atoms with E-state index in [1.807, 2.05) is 100 Å². The number of anilines is 1. The van der Waals surface area contributed by atoms with Crippen molar-refractivity contribution in [1.29, 1.82) is 0 Å². The van der Waals surface area contributed by atoms with Gasteiger partial charge < -0.3 is 9.42 Å². The molecule has 0 bridgehead atoms. The van der Waals surface area contributed by atoms with Gasteiger partial charge in [-0.1, -0.05) is 79.7 Å². The molecule has 8 nitrogen and oxygen atoms in total. The lowest BCUT2D eigenvalue weighted by Crippen LogP contribution is -2.50. The van der Waals surface area contributed by atoms with Crippen LogP contribution in [0.2, 0.25) is 0 Å². The molecule has 0 spiro atoms. The zero-order chi connectivity index (χ0) is 27.5. The van der Waals surface area contributed by atoms with Gasteiger partial charge in [0.1, 0.15) is 0 Å². The SMILES string of the molecule is CC[C@H](C)N1C(=O)N(c2cccc3ccccc23)[C@H](n2oc(=O)n(-c3cccc4ccccc34)c2=O)C1(C)C. The van der Waals surface area contributed by atoms with Crippen LogP contribution in [0.3, 0.4) is 0 Å². The van der Waals surface area contributed by atoms with Crippen LogP contribution in [0.1, 0.15) is 40.3 Å². The Labute approximate surface area is 225 Å². The summed E-state index contributed by atoms with van der Waals surface area (Å²) in [5.74, 6) is -0.806. The number of amides is 2. The minimum Gasteiger partial charge on any atom is -0.314 e. The second kappa shape index (κ2) is 9.01. The van der Waals surface area contributed by atoms with Gasteiger partial charge in [-0.25, -0.2) is 14.4 Å². The molecule has 1 aromatic heterocycles. The van der Waals surface area contributed by atoms with E-state index in [2.05, 4.69) is 0 Å². The molecule has 2 heterocycles. The lowest BCUT2D eigenvalue weighted by atomic mass is 9.97. The first-order valence-electron chi connectivity index (χ1n) is 13.2. The second-order valence-corrected chi connectivity index (χ2v) is 10.6. The standard InChI is InChI=1S/C31H30N4O4/c1-5-20(2)34-28(36)32(25-18-10-14-21-12-6-8-16-23(21)25)27(31(34,3)4)35-29(37)33(30(38)39-35)26-19-11-15-22-13-7-9-17-24(22)26/h6-20,27H,5H2,1-4H3/t20-,27+/m0/s1. The Bertz CT molecular complexity index is 1840. The minimum atomic E-state index is -0.916. The summed E-state index contributed by atoms with van der Waals surface area (Å²) in [4.78, 5) is 45.0. The number of hydrogen-bond acceptors (Lipinski definition) is 4. The van der Waals surface area contributed by atoms with E-state index in [-0.39, 0.29) is 12.1 Å². The molecule has 0 saturated carbocycles. The molecule has 1 aliphatic heterocycles. The third kappa shape index (κ3) is 3.62. The number of carbonyl (C=O) groups is 1. The summed E-state index contributed by atoms with van der Waals surface area (Å²) >= 11 is 0. The van der Waals surface area contributed by atoms with Crippen molar-refractivity contribution in [2.75, 3.05) is 4.90 Å². The van der Waals surface area contributed by atoms with Gasteiger partial charge in [-0.2, -0.15) is 4.57 Å². The van der Waals surface area contributed by atoms with E-state index < -0.39 is 23.2 Å². The predicted octanol–water partition coefficient (Wildman–Crippen LogP) is 5.92. The van der Waals surface area contributed by atoms with Crippen molar-refractivity contribution >= 4 is 33.3 Å². The fraction of sp³-hybridized carbons (Fsp3) is 0.258. The van der Waals surface area contributed by atoms with Gasteiger partial charge in [-0.3, -0.25) is 4.90 Å². The number of nitrogens with zero attached hydrogens (tertiary/aromatic N) is 4. The molecule has 0 radical (unpaired) electrons. The normalized spacial score (nSPS) is 17.8. The molecular weight excluding hydrogens is 492 g/mol. The summed E-state index contributed by atoms with van der Waals surface area (Å²) in [6.45, 7) is 7.83. The van der Waals surface area contributed by atoms with Crippen LogP contribution in [0.5, 0.6) is 0 Å². The van der Waals surface area contributed by atoms with Crippen LogP contribution in [0.4, 0.5) is 10.5 Å². The van der Waals surface area contributed by atoms with Crippen LogP contribution in [0, 0.1) is 0 Å². The first kappa shape index (κ1) is 24.7. The van der Waals surface area contributed by atoms with Crippen molar-refractivity contribution in [3.05, 3.63) is 106 Å². The highest BCUT2D eigenvalue weighted by atomic mass is 16.5. The maximum atomic E-state index is 14.2. The van der Waals surface area contributed by atoms with Crippen LogP contribution in [-0.4, -0.2) is 31.8 Å². The van der Waals surface area contributed by atoms with E-state index in [1.165, 1.54) is 0 Å². The molecule has 2 atom stereocenters. The molecule has 5 aromatic rings. The summed E-state index contributed by atoms with van der Waals surface area (Å²) in [6.07, 6.45) is -0.192. The predicted molar refractivity (Wildman–Crippen MR) is 153 cm³/mol. The highest BCUT2D eigenvalue weighted by Crippen LogP contribution is 2.45. The van der Waals surface area contributed by atoms with Gasteiger partial charge in [0.05, 0.1) is 16.9 Å². The van der Waals surface area contributed by atoms with Gasteiger partial charge in [0.15, 0.2) is 6.17 Å². The quantitative estimate of drug-likeness (QED) is 0.287. The number of carbonyl (C=O) groups excluding carboxylic acids is 1. The molecule has 1 aliphatic rings. The lowest BCUT2D eigenvalue weighted by Gasteiger charge is -2.37. The fourth-order valence-corrected chi connectivity index (χ4v) is 5.99. The van der Waals surface area contributed by atoms with Crippen molar-refractivity contribution in [3.8, 4) is 5.69 Å². The molecule has 0 unspecified atom stereocenters. The fourth-order valence-electron chi connectivity index (χ4n) is 5.99. The lowest BCUT2D eigenvalue weighted by molar-refractivity contribution is 0.0756. The molecule has 198 valence electrons. The zero-order valence-electron chi connectivity index (χ0n) is 22.4. The zero-order valence-corrected chi connectivity index (χ0v) is 22.4. The molecule has 2 amide bonds. The Morgan fingerprint density at radius 3 is 1.95 bits per heavy atom. The third-order valence-corrected chi connectivity index (χ3v) is 7.94. The summed E-state index contributed by atoms with van der Waals surface area (Å²) < 4.78 is 7.86. The minimum absolute atomic E-state index is 0.113. The molecular formula is C31H30N4O4. The highest BCUT2D eigenvalue weighted by molar-refractivity contribution is 6.05. The van der Waals surface area contributed by atoms with E-state index in [4.69, 9.17) is 4.52 Å². The average molecular weight is 523 g/mol. The Kier molecular flexibility index (Phi) is 5.71. The van der Waals surface area contributed by atoms with Crippen molar-refractivity contribution < 1.29 is 9.32 Å². The summed E-state index contributed by atoms with van der Waals surface area (Å²) in [6, 6.07) is 26.2. The van der Waals surface area contributed by atoms with E-state index in [0.717, 1.165) is 37.3 Å².